The van der Waals surface area contributed by atoms with Crippen LogP contribution >= 0.6 is 0 Å². The van der Waals surface area contributed by atoms with Crippen LogP contribution in [-0.2, 0) is 6.54 Å². The number of halogens is 1. The highest BCUT2D eigenvalue weighted by Gasteiger charge is 2.17. The van der Waals surface area contributed by atoms with Crippen molar-refractivity contribution in [3.05, 3.63) is 29.1 Å². The highest BCUT2D eigenvalue weighted by molar-refractivity contribution is 5.97. The molecule has 2 rings (SSSR count). The molecule has 0 bridgehead atoms. The van der Waals surface area contributed by atoms with E-state index in [0.717, 1.165) is 32.2 Å². The lowest BCUT2D eigenvalue weighted by Crippen LogP contribution is -2.42. The van der Waals surface area contributed by atoms with Crippen molar-refractivity contribution >= 4 is 5.78 Å². The van der Waals surface area contributed by atoms with E-state index < -0.39 is 5.82 Å². The summed E-state index contributed by atoms with van der Waals surface area (Å²) in [7, 11) is 0. The summed E-state index contributed by atoms with van der Waals surface area (Å²) in [5, 5.41) is 13.2. The van der Waals surface area contributed by atoms with Crippen molar-refractivity contribution in [2.45, 2.75) is 13.5 Å². The second-order valence-corrected chi connectivity index (χ2v) is 4.54. The van der Waals surface area contributed by atoms with Crippen molar-refractivity contribution in [1.82, 2.24) is 10.2 Å². The molecule has 5 heteroatoms. The Bertz CT molecular complexity index is 457. The maximum absolute atomic E-state index is 13.4. The number of ketones is 1. The largest absolute Gasteiger partial charge is 0.507 e. The summed E-state index contributed by atoms with van der Waals surface area (Å²) in [6, 6.07) is 2.38. The standard InChI is InChI=1S/C13H17FN2O2/c1-9(17)12-7-11(14)6-10(13(12)18)8-16-4-2-15-3-5-16/h6-7,15,18H,2-5,8H2,1H3. The highest BCUT2D eigenvalue weighted by atomic mass is 19.1. The molecule has 1 fully saturated rings. The van der Waals surface area contributed by atoms with Crippen LogP contribution in [0.3, 0.4) is 0 Å². The normalized spacial score (nSPS) is 16.8. The lowest BCUT2D eigenvalue weighted by molar-refractivity contribution is 0.101. The first kappa shape index (κ1) is 13.0. The van der Waals surface area contributed by atoms with Crippen molar-refractivity contribution in [1.29, 1.82) is 0 Å². The minimum Gasteiger partial charge on any atom is -0.507 e. The third kappa shape index (κ3) is 2.86. The monoisotopic (exact) mass is 252 g/mol. The van der Waals surface area contributed by atoms with Crippen LogP contribution in [0, 0.1) is 5.82 Å². The number of rotatable bonds is 3. The third-order valence-corrected chi connectivity index (χ3v) is 3.14. The molecule has 0 saturated carbocycles. The van der Waals surface area contributed by atoms with Crippen LogP contribution in [0.1, 0.15) is 22.8 Å². The zero-order valence-corrected chi connectivity index (χ0v) is 10.4. The lowest BCUT2D eigenvalue weighted by atomic mass is 10.0. The summed E-state index contributed by atoms with van der Waals surface area (Å²) in [5.41, 5.74) is 0.530. The first-order valence-corrected chi connectivity index (χ1v) is 6.03. The third-order valence-electron chi connectivity index (χ3n) is 3.14. The molecule has 98 valence electrons. The van der Waals surface area contributed by atoms with Gasteiger partial charge in [-0.3, -0.25) is 9.69 Å². The summed E-state index contributed by atoms with van der Waals surface area (Å²) >= 11 is 0. The van der Waals surface area contributed by atoms with E-state index >= 15 is 0 Å². The molecular formula is C13H17FN2O2. The fourth-order valence-electron chi connectivity index (χ4n) is 2.15. The van der Waals surface area contributed by atoms with Gasteiger partial charge >= 0.3 is 0 Å². The Hall–Kier alpha value is -1.46. The number of piperazine rings is 1. The maximum Gasteiger partial charge on any atom is 0.163 e. The average Bonchev–Trinajstić information content (AvgIpc) is 2.34. The molecule has 0 unspecified atom stereocenters. The summed E-state index contributed by atoms with van der Waals surface area (Å²) < 4.78 is 13.4. The summed E-state index contributed by atoms with van der Waals surface area (Å²) in [6.07, 6.45) is 0. The second kappa shape index (κ2) is 5.46. The van der Waals surface area contributed by atoms with Crippen LogP contribution in [-0.4, -0.2) is 42.0 Å². The van der Waals surface area contributed by atoms with Gasteiger partial charge in [-0.15, -0.1) is 0 Å². The van der Waals surface area contributed by atoms with E-state index in [1.807, 2.05) is 0 Å². The van der Waals surface area contributed by atoms with E-state index in [-0.39, 0.29) is 17.1 Å². The topological polar surface area (TPSA) is 52.6 Å². The molecule has 2 N–H and O–H groups in total. The molecule has 0 radical (unpaired) electrons. The number of nitrogens with one attached hydrogen (secondary N) is 1. The van der Waals surface area contributed by atoms with Crippen molar-refractivity contribution in [2.24, 2.45) is 0 Å². The number of phenols is 1. The van der Waals surface area contributed by atoms with Gasteiger partial charge in [0, 0.05) is 38.3 Å². The van der Waals surface area contributed by atoms with Crippen molar-refractivity contribution < 1.29 is 14.3 Å². The number of hydrogen-bond donors (Lipinski definition) is 2. The van der Waals surface area contributed by atoms with Crippen molar-refractivity contribution in [2.75, 3.05) is 26.2 Å². The molecule has 0 amide bonds. The molecule has 0 aromatic heterocycles. The molecule has 1 aromatic rings. The van der Waals surface area contributed by atoms with E-state index in [1.54, 1.807) is 0 Å². The number of Topliss-reactive ketones (excluding diaryl/α,β-unsaturated/α-hetero) is 1. The van der Waals surface area contributed by atoms with Gasteiger partial charge in [-0.1, -0.05) is 0 Å². The van der Waals surface area contributed by atoms with Crippen LogP contribution < -0.4 is 5.32 Å². The summed E-state index contributed by atoms with van der Waals surface area (Å²) in [5.74, 6) is -0.904. The Labute approximate surface area is 105 Å². The fourth-order valence-corrected chi connectivity index (χ4v) is 2.15. The van der Waals surface area contributed by atoms with Gasteiger partial charge in [-0.05, 0) is 19.1 Å². The minimum absolute atomic E-state index is 0.0557. The second-order valence-electron chi connectivity index (χ2n) is 4.54. The summed E-state index contributed by atoms with van der Waals surface area (Å²) in [4.78, 5) is 13.4. The Balaban J connectivity index is 2.23. The Kier molecular flexibility index (Phi) is 3.93. The number of phenolic OH excluding ortho intramolecular Hbond substituents is 1. The molecule has 1 aliphatic rings. The van der Waals surface area contributed by atoms with E-state index in [0.29, 0.717) is 12.1 Å². The zero-order chi connectivity index (χ0) is 13.1. The van der Waals surface area contributed by atoms with Crippen LogP contribution in [0.5, 0.6) is 5.75 Å². The molecule has 1 aliphatic heterocycles. The van der Waals surface area contributed by atoms with Gasteiger partial charge in [0.15, 0.2) is 5.78 Å². The molecule has 1 saturated heterocycles. The first-order chi connectivity index (χ1) is 8.58. The Morgan fingerprint density at radius 2 is 2.11 bits per heavy atom. The number of aromatic hydroxyl groups is 1. The van der Waals surface area contributed by atoms with Gasteiger partial charge in [-0.2, -0.15) is 0 Å². The van der Waals surface area contributed by atoms with Gasteiger partial charge in [0.1, 0.15) is 11.6 Å². The molecule has 1 aromatic carbocycles. The van der Waals surface area contributed by atoms with E-state index in [2.05, 4.69) is 10.2 Å². The number of carbonyl (C=O) groups is 1. The Morgan fingerprint density at radius 3 is 2.72 bits per heavy atom. The quantitative estimate of drug-likeness (QED) is 0.792. The van der Waals surface area contributed by atoms with Gasteiger partial charge in [0.05, 0.1) is 5.56 Å². The van der Waals surface area contributed by atoms with Crippen LogP contribution in [0.2, 0.25) is 0 Å². The predicted octanol–water partition coefficient (Wildman–Crippen LogP) is 1.14. The molecule has 0 aliphatic carbocycles. The number of nitrogens with zero attached hydrogens (tertiary/aromatic N) is 1. The lowest BCUT2D eigenvalue weighted by Gasteiger charge is -2.27. The summed E-state index contributed by atoms with van der Waals surface area (Å²) in [6.45, 7) is 5.26. The minimum atomic E-state index is -0.483. The van der Waals surface area contributed by atoms with E-state index in [1.165, 1.54) is 13.0 Å². The van der Waals surface area contributed by atoms with Crippen LogP contribution in [0.4, 0.5) is 4.39 Å². The predicted molar refractivity (Wildman–Crippen MR) is 66.2 cm³/mol. The molecule has 18 heavy (non-hydrogen) atoms. The first-order valence-electron chi connectivity index (χ1n) is 6.03. The highest BCUT2D eigenvalue weighted by Crippen LogP contribution is 2.26. The molecule has 4 nitrogen and oxygen atoms in total. The SMILES string of the molecule is CC(=O)c1cc(F)cc(CN2CCNCC2)c1O. The van der Waals surface area contributed by atoms with Crippen LogP contribution in [0.15, 0.2) is 12.1 Å². The van der Waals surface area contributed by atoms with E-state index in [9.17, 15) is 14.3 Å². The molecule has 0 atom stereocenters. The Morgan fingerprint density at radius 1 is 1.44 bits per heavy atom. The number of carbonyl (C=O) groups excluding carboxylic acids is 1. The number of hydrogen-bond acceptors (Lipinski definition) is 4. The van der Waals surface area contributed by atoms with Gasteiger partial charge < -0.3 is 10.4 Å². The van der Waals surface area contributed by atoms with Crippen molar-refractivity contribution in [3.63, 3.8) is 0 Å². The molecular weight excluding hydrogens is 235 g/mol. The maximum atomic E-state index is 13.4. The van der Waals surface area contributed by atoms with E-state index in [4.69, 9.17) is 0 Å². The molecule has 1 heterocycles. The average molecular weight is 252 g/mol. The fraction of sp³-hybridized carbons (Fsp3) is 0.462. The number of benzene rings is 1. The smallest absolute Gasteiger partial charge is 0.163 e. The molecule has 0 spiro atoms. The van der Waals surface area contributed by atoms with Crippen LogP contribution in [0.25, 0.3) is 0 Å². The van der Waals surface area contributed by atoms with Gasteiger partial charge in [0.25, 0.3) is 0 Å². The zero-order valence-electron chi connectivity index (χ0n) is 10.4. The van der Waals surface area contributed by atoms with Gasteiger partial charge in [0.2, 0.25) is 0 Å². The van der Waals surface area contributed by atoms with Gasteiger partial charge in [-0.25, -0.2) is 4.39 Å². The van der Waals surface area contributed by atoms with Crippen molar-refractivity contribution in [3.8, 4) is 5.75 Å².